The summed E-state index contributed by atoms with van der Waals surface area (Å²) in [6, 6.07) is 0. The van der Waals surface area contributed by atoms with Gasteiger partial charge in [0.2, 0.25) is 0 Å². The molecule has 1 aliphatic rings. The molecule has 106 valence electrons. The summed E-state index contributed by atoms with van der Waals surface area (Å²) in [5.74, 6) is -2.96. The fraction of sp³-hybridized carbons (Fsp3) is 0.636. The van der Waals surface area contributed by atoms with E-state index >= 15 is 0 Å². The molecule has 2 heterocycles. The Kier molecular flexibility index (Phi) is 4.37. The summed E-state index contributed by atoms with van der Waals surface area (Å²) < 4.78 is 26.2. The topological polar surface area (TPSA) is 45.2 Å². The van der Waals surface area contributed by atoms with Gasteiger partial charge in [-0.3, -0.25) is 9.69 Å². The molecule has 0 spiro atoms. The Balaban J connectivity index is 1.77. The van der Waals surface area contributed by atoms with Crippen LogP contribution in [-0.2, 0) is 0 Å². The number of hydrogen-bond acceptors (Lipinski definition) is 4. The SMILES string of the molecule is Cc1nc(C(=O)NCCN2CCC(F)(F)C2)c(Cl)s1. The van der Waals surface area contributed by atoms with Gasteiger partial charge in [-0.25, -0.2) is 13.8 Å². The fourth-order valence-corrected chi connectivity index (χ4v) is 3.05. The maximum absolute atomic E-state index is 12.9. The van der Waals surface area contributed by atoms with E-state index in [1.54, 1.807) is 11.8 Å². The van der Waals surface area contributed by atoms with Crippen molar-refractivity contribution in [1.29, 1.82) is 0 Å². The van der Waals surface area contributed by atoms with Crippen molar-refractivity contribution in [2.75, 3.05) is 26.2 Å². The number of carbonyl (C=O) groups is 1. The number of aryl methyl sites for hydroxylation is 1. The second-order valence-corrected chi connectivity index (χ2v) is 6.30. The third kappa shape index (κ3) is 3.84. The number of halogens is 3. The zero-order valence-electron chi connectivity index (χ0n) is 10.4. The molecule has 2 rings (SSSR count). The summed E-state index contributed by atoms with van der Waals surface area (Å²) in [7, 11) is 0. The molecule has 0 atom stereocenters. The van der Waals surface area contributed by atoms with Gasteiger partial charge in [-0.1, -0.05) is 11.6 Å². The molecule has 1 aromatic heterocycles. The van der Waals surface area contributed by atoms with E-state index < -0.39 is 5.92 Å². The van der Waals surface area contributed by atoms with E-state index in [1.165, 1.54) is 11.3 Å². The largest absolute Gasteiger partial charge is 0.349 e. The maximum atomic E-state index is 12.9. The molecule has 0 aromatic carbocycles. The van der Waals surface area contributed by atoms with Crippen molar-refractivity contribution < 1.29 is 13.6 Å². The summed E-state index contributed by atoms with van der Waals surface area (Å²) in [6.07, 6.45) is -0.113. The Morgan fingerprint density at radius 2 is 2.37 bits per heavy atom. The molecule has 1 aromatic rings. The van der Waals surface area contributed by atoms with Gasteiger partial charge in [0.25, 0.3) is 11.8 Å². The third-order valence-electron chi connectivity index (χ3n) is 2.87. The van der Waals surface area contributed by atoms with Crippen LogP contribution in [0.4, 0.5) is 8.78 Å². The van der Waals surface area contributed by atoms with E-state index in [0.717, 1.165) is 0 Å². The number of rotatable bonds is 4. The molecule has 1 amide bonds. The second-order valence-electron chi connectivity index (χ2n) is 4.49. The van der Waals surface area contributed by atoms with Crippen LogP contribution < -0.4 is 5.32 Å². The van der Waals surface area contributed by atoms with E-state index in [2.05, 4.69) is 10.3 Å². The minimum absolute atomic E-state index is 0.113. The van der Waals surface area contributed by atoms with Crippen molar-refractivity contribution in [3.05, 3.63) is 15.0 Å². The number of aromatic nitrogens is 1. The molecule has 0 radical (unpaired) electrons. The van der Waals surface area contributed by atoms with Gasteiger partial charge in [-0.05, 0) is 6.92 Å². The number of carbonyl (C=O) groups excluding carboxylic acids is 1. The molecular formula is C11H14ClF2N3OS. The Morgan fingerprint density at radius 1 is 1.63 bits per heavy atom. The first kappa shape index (κ1) is 14.6. The summed E-state index contributed by atoms with van der Waals surface area (Å²) in [4.78, 5) is 17.4. The van der Waals surface area contributed by atoms with Crippen LogP contribution >= 0.6 is 22.9 Å². The van der Waals surface area contributed by atoms with Crippen molar-refractivity contribution in [1.82, 2.24) is 15.2 Å². The zero-order valence-corrected chi connectivity index (χ0v) is 12.0. The van der Waals surface area contributed by atoms with E-state index in [0.29, 0.717) is 29.0 Å². The minimum Gasteiger partial charge on any atom is -0.349 e. The van der Waals surface area contributed by atoms with Crippen molar-refractivity contribution in [3.8, 4) is 0 Å². The normalized spacial score (nSPS) is 18.7. The molecular weight excluding hydrogens is 296 g/mol. The predicted octanol–water partition coefficient (Wildman–Crippen LogP) is 2.18. The Labute approximate surface area is 118 Å². The zero-order chi connectivity index (χ0) is 14.0. The van der Waals surface area contributed by atoms with Crippen LogP contribution in [0.1, 0.15) is 21.9 Å². The van der Waals surface area contributed by atoms with Crippen LogP contribution in [0.5, 0.6) is 0 Å². The van der Waals surface area contributed by atoms with Crippen LogP contribution in [0.3, 0.4) is 0 Å². The fourth-order valence-electron chi connectivity index (χ4n) is 1.95. The first-order valence-corrected chi connectivity index (χ1v) is 7.08. The molecule has 0 unspecified atom stereocenters. The van der Waals surface area contributed by atoms with Gasteiger partial charge in [0.05, 0.1) is 11.6 Å². The Bertz CT molecular complexity index is 481. The quantitative estimate of drug-likeness (QED) is 0.927. The van der Waals surface area contributed by atoms with Gasteiger partial charge in [-0.15, -0.1) is 11.3 Å². The lowest BCUT2D eigenvalue weighted by Crippen LogP contribution is -2.35. The average molecular weight is 310 g/mol. The Hall–Kier alpha value is -0.790. The van der Waals surface area contributed by atoms with Gasteiger partial charge in [-0.2, -0.15) is 0 Å². The number of nitrogens with one attached hydrogen (secondary N) is 1. The summed E-state index contributed by atoms with van der Waals surface area (Å²) in [5.41, 5.74) is 0.205. The van der Waals surface area contributed by atoms with E-state index in [4.69, 9.17) is 11.6 Å². The average Bonchev–Trinajstić information content (AvgIpc) is 2.81. The van der Waals surface area contributed by atoms with Crippen molar-refractivity contribution >= 4 is 28.8 Å². The monoisotopic (exact) mass is 309 g/mol. The highest BCUT2D eigenvalue weighted by atomic mass is 35.5. The van der Waals surface area contributed by atoms with E-state index in [-0.39, 0.29) is 24.6 Å². The minimum atomic E-state index is -2.60. The lowest BCUT2D eigenvalue weighted by molar-refractivity contribution is 0.0124. The predicted molar refractivity (Wildman–Crippen MR) is 70.2 cm³/mol. The van der Waals surface area contributed by atoms with Gasteiger partial charge in [0.1, 0.15) is 4.34 Å². The molecule has 1 aliphatic heterocycles. The summed E-state index contributed by atoms with van der Waals surface area (Å²) >= 11 is 7.11. The van der Waals surface area contributed by atoms with Crippen LogP contribution in [0.25, 0.3) is 0 Å². The highest BCUT2D eigenvalue weighted by molar-refractivity contribution is 7.16. The molecule has 4 nitrogen and oxygen atoms in total. The highest BCUT2D eigenvalue weighted by Gasteiger charge is 2.37. The third-order valence-corrected chi connectivity index (χ3v) is 4.04. The molecule has 1 N–H and O–H groups in total. The van der Waals surface area contributed by atoms with Crippen LogP contribution in [0.15, 0.2) is 0 Å². The maximum Gasteiger partial charge on any atom is 0.272 e. The van der Waals surface area contributed by atoms with Crippen molar-refractivity contribution in [2.45, 2.75) is 19.3 Å². The Morgan fingerprint density at radius 3 is 2.89 bits per heavy atom. The van der Waals surface area contributed by atoms with Crippen molar-refractivity contribution in [3.63, 3.8) is 0 Å². The molecule has 19 heavy (non-hydrogen) atoms. The van der Waals surface area contributed by atoms with Gasteiger partial charge >= 0.3 is 0 Å². The number of amides is 1. The standard InChI is InChI=1S/C11H14ClF2N3OS/c1-7-16-8(9(12)19-7)10(18)15-3-5-17-4-2-11(13,14)6-17/h2-6H2,1H3,(H,15,18). The lowest BCUT2D eigenvalue weighted by Gasteiger charge is -2.15. The molecule has 1 saturated heterocycles. The van der Waals surface area contributed by atoms with Crippen LogP contribution in [0, 0.1) is 6.92 Å². The number of likely N-dealkylation sites (tertiary alicyclic amines) is 1. The molecule has 0 bridgehead atoms. The van der Waals surface area contributed by atoms with Crippen molar-refractivity contribution in [2.24, 2.45) is 0 Å². The highest BCUT2D eigenvalue weighted by Crippen LogP contribution is 2.26. The van der Waals surface area contributed by atoms with E-state index in [1.807, 2.05) is 0 Å². The van der Waals surface area contributed by atoms with E-state index in [9.17, 15) is 13.6 Å². The number of thiazole rings is 1. The number of alkyl halides is 2. The second kappa shape index (κ2) is 5.68. The lowest BCUT2D eigenvalue weighted by atomic mass is 10.3. The molecule has 0 saturated carbocycles. The number of hydrogen-bond donors (Lipinski definition) is 1. The smallest absolute Gasteiger partial charge is 0.272 e. The van der Waals surface area contributed by atoms with Crippen LogP contribution in [-0.4, -0.2) is 47.9 Å². The number of nitrogens with zero attached hydrogens (tertiary/aromatic N) is 2. The summed E-state index contributed by atoms with van der Waals surface area (Å²) in [5, 5.41) is 3.36. The first-order valence-electron chi connectivity index (χ1n) is 5.89. The van der Waals surface area contributed by atoms with Gasteiger partial charge < -0.3 is 5.32 Å². The molecule has 8 heteroatoms. The summed E-state index contributed by atoms with van der Waals surface area (Å²) in [6.45, 7) is 2.60. The van der Waals surface area contributed by atoms with Gasteiger partial charge in [0, 0.05) is 26.1 Å². The molecule has 0 aliphatic carbocycles. The molecule has 1 fully saturated rings. The van der Waals surface area contributed by atoms with Gasteiger partial charge in [0.15, 0.2) is 5.69 Å². The van der Waals surface area contributed by atoms with Crippen LogP contribution in [0.2, 0.25) is 4.34 Å². The first-order chi connectivity index (χ1) is 8.87.